The fourth-order valence-electron chi connectivity index (χ4n) is 2.41. The number of benzene rings is 1. The van der Waals surface area contributed by atoms with E-state index in [1.165, 1.54) is 0 Å². The highest BCUT2D eigenvalue weighted by atomic mass is 32.1. The highest BCUT2D eigenvalue weighted by Gasteiger charge is 2.09. The van der Waals surface area contributed by atoms with Crippen molar-refractivity contribution in [2.24, 2.45) is 0 Å². The average molecular weight is 388 g/mol. The first-order valence-corrected chi connectivity index (χ1v) is 9.12. The van der Waals surface area contributed by atoms with Gasteiger partial charge in [-0.3, -0.25) is 4.79 Å². The molecule has 3 aromatic rings. The Balaban J connectivity index is 1.42. The van der Waals surface area contributed by atoms with Crippen LogP contribution in [-0.4, -0.2) is 31.9 Å². The topological polar surface area (TPSA) is 82.8 Å². The fourth-order valence-corrected chi connectivity index (χ4v) is 3.08. The number of rotatable bonds is 9. The minimum Gasteiger partial charge on any atom is -0.493 e. The van der Waals surface area contributed by atoms with E-state index in [9.17, 15) is 4.79 Å². The Morgan fingerprint density at radius 3 is 2.78 bits per heavy atom. The largest absolute Gasteiger partial charge is 0.493 e. The number of nitrogens with zero attached hydrogens (tertiary/aromatic N) is 1. The van der Waals surface area contributed by atoms with Crippen molar-refractivity contribution >= 4 is 17.2 Å². The first-order valence-electron chi connectivity index (χ1n) is 8.24. The van der Waals surface area contributed by atoms with Crippen molar-refractivity contribution in [3.05, 3.63) is 53.0 Å². The lowest BCUT2D eigenvalue weighted by atomic mass is 10.2. The van der Waals surface area contributed by atoms with Crippen LogP contribution >= 0.6 is 11.3 Å². The van der Waals surface area contributed by atoms with Crippen molar-refractivity contribution in [3.63, 3.8) is 0 Å². The monoisotopic (exact) mass is 388 g/mol. The average Bonchev–Trinajstić information content (AvgIpc) is 3.37. The molecule has 0 saturated carbocycles. The number of amides is 1. The predicted octanol–water partition coefficient (Wildman–Crippen LogP) is 3.25. The number of hydrogen-bond acceptors (Lipinski definition) is 7. The van der Waals surface area contributed by atoms with Gasteiger partial charge in [-0.05, 0) is 29.1 Å². The zero-order chi connectivity index (χ0) is 19.1. The molecule has 2 heterocycles. The van der Waals surface area contributed by atoms with Crippen LogP contribution in [0.15, 0.2) is 46.3 Å². The van der Waals surface area contributed by atoms with Crippen LogP contribution in [0.1, 0.15) is 11.3 Å². The zero-order valence-corrected chi connectivity index (χ0v) is 15.9. The van der Waals surface area contributed by atoms with Gasteiger partial charge in [0.05, 0.1) is 25.7 Å². The molecule has 0 fully saturated rings. The van der Waals surface area contributed by atoms with Crippen LogP contribution in [0.4, 0.5) is 0 Å². The maximum absolute atomic E-state index is 11.9. The molecule has 27 heavy (non-hydrogen) atoms. The number of thiophene rings is 1. The summed E-state index contributed by atoms with van der Waals surface area (Å²) in [5, 5.41) is 8.72. The van der Waals surface area contributed by atoms with Crippen molar-refractivity contribution in [3.8, 4) is 22.1 Å². The van der Waals surface area contributed by atoms with Gasteiger partial charge in [-0.25, -0.2) is 0 Å². The van der Waals surface area contributed by atoms with Gasteiger partial charge in [0.2, 0.25) is 5.91 Å². The lowest BCUT2D eigenvalue weighted by molar-refractivity contribution is -0.126. The molecule has 1 N–H and O–H groups in total. The minimum atomic E-state index is -0.216. The molecule has 0 bridgehead atoms. The molecule has 0 unspecified atom stereocenters. The number of hydrogen-bond donors (Lipinski definition) is 1. The maximum atomic E-state index is 11.9. The Kier molecular flexibility index (Phi) is 6.45. The molecular formula is C19H20N2O5S. The van der Waals surface area contributed by atoms with Gasteiger partial charge in [-0.15, -0.1) is 11.3 Å². The summed E-state index contributed by atoms with van der Waals surface area (Å²) in [6, 6.07) is 11.2. The number of carbonyl (C=O) groups is 1. The van der Waals surface area contributed by atoms with Crippen molar-refractivity contribution < 1.29 is 23.5 Å². The highest BCUT2D eigenvalue weighted by molar-refractivity contribution is 7.13. The van der Waals surface area contributed by atoms with E-state index in [0.717, 1.165) is 10.4 Å². The van der Waals surface area contributed by atoms with E-state index >= 15 is 0 Å². The number of ether oxygens (including phenoxy) is 3. The molecule has 2 aromatic heterocycles. The van der Waals surface area contributed by atoms with Gasteiger partial charge in [0, 0.05) is 12.6 Å². The smallest absolute Gasteiger partial charge is 0.246 e. The number of nitrogens with one attached hydrogen (secondary N) is 1. The highest BCUT2D eigenvalue weighted by Crippen LogP contribution is 2.27. The second-order valence-electron chi connectivity index (χ2n) is 5.62. The summed E-state index contributed by atoms with van der Waals surface area (Å²) in [6.45, 7) is 0.516. The first kappa shape index (κ1) is 18.9. The fraction of sp³-hybridized carbons (Fsp3) is 0.263. The third-order valence-electron chi connectivity index (χ3n) is 3.74. The van der Waals surface area contributed by atoms with Gasteiger partial charge in [-0.1, -0.05) is 17.3 Å². The molecule has 0 saturated heterocycles. The zero-order valence-electron chi connectivity index (χ0n) is 15.1. The molecule has 1 amide bonds. The van der Waals surface area contributed by atoms with Crippen LogP contribution in [0.25, 0.3) is 10.6 Å². The normalized spacial score (nSPS) is 10.6. The van der Waals surface area contributed by atoms with E-state index in [-0.39, 0.29) is 19.1 Å². The van der Waals surface area contributed by atoms with Crippen LogP contribution in [0.2, 0.25) is 0 Å². The SMILES string of the molecule is COc1ccc(CNC(=O)COCc2cc(-c3cccs3)on2)cc1OC. The molecule has 8 heteroatoms. The van der Waals surface area contributed by atoms with E-state index in [1.54, 1.807) is 31.6 Å². The summed E-state index contributed by atoms with van der Waals surface area (Å²) in [6.07, 6.45) is 0. The molecular weight excluding hydrogens is 368 g/mol. The van der Waals surface area contributed by atoms with Gasteiger partial charge < -0.3 is 24.1 Å². The predicted molar refractivity (Wildman–Crippen MR) is 101 cm³/mol. The van der Waals surface area contributed by atoms with Gasteiger partial charge in [0.15, 0.2) is 17.3 Å². The van der Waals surface area contributed by atoms with Gasteiger partial charge in [0.25, 0.3) is 0 Å². The number of carbonyl (C=O) groups excluding carboxylic acids is 1. The molecule has 0 aliphatic rings. The molecule has 7 nitrogen and oxygen atoms in total. The standard InChI is InChI=1S/C19H20N2O5S/c1-23-15-6-5-13(8-16(15)24-2)10-20-19(22)12-25-11-14-9-17(26-21-14)18-4-3-7-27-18/h3-9H,10-12H2,1-2H3,(H,20,22). The molecule has 3 rings (SSSR count). The Bertz CT molecular complexity index is 876. The molecule has 0 radical (unpaired) electrons. The van der Waals surface area contributed by atoms with Crippen LogP contribution in [0.5, 0.6) is 11.5 Å². The summed E-state index contributed by atoms with van der Waals surface area (Å²) in [5.74, 6) is 1.74. The second-order valence-corrected chi connectivity index (χ2v) is 6.57. The van der Waals surface area contributed by atoms with Gasteiger partial charge in [0.1, 0.15) is 12.3 Å². The van der Waals surface area contributed by atoms with E-state index in [2.05, 4.69) is 10.5 Å². The minimum absolute atomic E-state index is 0.0610. The second kappa shape index (κ2) is 9.20. The van der Waals surface area contributed by atoms with E-state index in [1.807, 2.05) is 35.7 Å². The van der Waals surface area contributed by atoms with Crippen molar-refractivity contribution in [1.29, 1.82) is 0 Å². The Morgan fingerprint density at radius 2 is 2.04 bits per heavy atom. The van der Waals surface area contributed by atoms with Crippen molar-refractivity contribution in [2.45, 2.75) is 13.2 Å². The van der Waals surface area contributed by atoms with Crippen molar-refractivity contribution in [2.75, 3.05) is 20.8 Å². The van der Waals surface area contributed by atoms with Gasteiger partial charge >= 0.3 is 0 Å². The quantitative estimate of drug-likeness (QED) is 0.606. The van der Waals surface area contributed by atoms with E-state index in [4.69, 9.17) is 18.7 Å². The molecule has 0 atom stereocenters. The van der Waals surface area contributed by atoms with Crippen molar-refractivity contribution in [1.82, 2.24) is 10.5 Å². The van der Waals surface area contributed by atoms with Crippen LogP contribution < -0.4 is 14.8 Å². The van der Waals surface area contributed by atoms with Crippen LogP contribution in [0, 0.1) is 0 Å². The molecule has 0 aliphatic heterocycles. The third-order valence-corrected chi connectivity index (χ3v) is 4.63. The first-order chi connectivity index (χ1) is 13.2. The van der Waals surface area contributed by atoms with Gasteiger partial charge in [-0.2, -0.15) is 0 Å². The Labute approximate surface area is 160 Å². The summed E-state index contributed by atoms with van der Waals surface area (Å²) in [5.41, 5.74) is 1.55. The van der Waals surface area contributed by atoms with Crippen LogP contribution in [0.3, 0.4) is 0 Å². The van der Waals surface area contributed by atoms with Crippen LogP contribution in [-0.2, 0) is 22.7 Å². The summed E-state index contributed by atoms with van der Waals surface area (Å²) < 4.78 is 21.1. The van der Waals surface area contributed by atoms with E-state index < -0.39 is 0 Å². The number of aromatic nitrogens is 1. The Morgan fingerprint density at radius 1 is 1.19 bits per heavy atom. The lowest BCUT2D eigenvalue weighted by Gasteiger charge is -2.10. The van der Waals surface area contributed by atoms with E-state index in [0.29, 0.717) is 29.5 Å². The molecule has 142 valence electrons. The number of methoxy groups -OCH3 is 2. The summed E-state index contributed by atoms with van der Waals surface area (Å²) in [4.78, 5) is 12.9. The summed E-state index contributed by atoms with van der Waals surface area (Å²) in [7, 11) is 3.15. The maximum Gasteiger partial charge on any atom is 0.246 e. The lowest BCUT2D eigenvalue weighted by Crippen LogP contribution is -2.27. The molecule has 1 aromatic carbocycles. The third kappa shape index (κ3) is 5.08. The Hall–Kier alpha value is -2.84. The molecule has 0 aliphatic carbocycles. The summed E-state index contributed by atoms with van der Waals surface area (Å²) >= 11 is 1.57. The molecule has 0 spiro atoms.